The van der Waals surface area contributed by atoms with Crippen LogP contribution in [0.15, 0.2) is 65.0 Å². The van der Waals surface area contributed by atoms with Gasteiger partial charge >= 0.3 is 0 Å². The van der Waals surface area contributed by atoms with Gasteiger partial charge in [0, 0.05) is 12.7 Å². The molecule has 0 saturated carbocycles. The Hall–Kier alpha value is -2.02. The Morgan fingerprint density at radius 1 is 1.08 bits per heavy atom. The summed E-state index contributed by atoms with van der Waals surface area (Å²) in [5.41, 5.74) is 2.78. The van der Waals surface area contributed by atoms with Crippen molar-refractivity contribution >= 4 is 21.4 Å². The lowest BCUT2D eigenvalue weighted by Gasteiger charge is -2.10. The predicted octanol–water partition coefficient (Wildman–Crippen LogP) is 3.85. The highest BCUT2D eigenvalue weighted by molar-refractivity contribution is 7.89. The van der Waals surface area contributed by atoms with E-state index in [1.54, 1.807) is 29.7 Å². The summed E-state index contributed by atoms with van der Waals surface area (Å²) >= 11 is 1.58. The van der Waals surface area contributed by atoms with Crippen molar-refractivity contribution in [2.24, 2.45) is 0 Å². The number of nitrogens with one attached hydrogen (secondary N) is 1. The quantitative estimate of drug-likeness (QED) is 0.728. The van der Waals surface area contributed by atoms with E-state index >= 15 is 0 Å². The zero-order valence-corrected chi connectivity index (χ0v) is 14.9. The highest BCUT2D eigenvalue weighted by atomic mass is 32.2. The number of sulfonamides is 1. The molecule has 0 spiro atoms. The third-order valence-corrected chi connectivity index (χ3v) is 6.03. The van der Waals surface area contributed by atoms with E-state index in [0.29, 0.717) is 0 Å². The second kappa shape index (κ2) is 7.25. The van der Waals surface area contributed by atoms with Crippen LogP contribution in [0.25, 0.3) is 10.6 Å². The van der Waals surface area contributed by atoms with Gasteiger partial charge in [0.2, 0.25) is 10.0 Å². The molecule has 0 radical (unpaired) electrons. The summed E-state index contributed by atoms with van der Waals surface area (Å²) in [7, 11) is -3.54. The van der Waals surface area contributed by atoms with E-state index in [4.69, 9.17) is 0 Å². The first-order valence-electron chi connectivity index (χ1n) is 7.66. The molecule has 0 bridgehead atoms. The summed E-state index contributed by atoms with van der Waals surface area (Å²) < 4.78 is 27.6. The number of benzene rings is 1. The second-order valence-corrected chi connectivity index (χ2v) is 8.03. The topological polar surface area (TPSA) is 59.1 Å². The molecule has 0 unspecified atom stereocenters. The Bertz CT molecular complexity index is 902. The first-order valence-corrected chi connectivity index (χ1v) is 10.0. The minimum absolute atomic E-state index is 0.207. The lowest BCUT2D eigenvalue weighted by Crippen LogP contribution is -2.23. The average Bonchev–Trinajstić information content (AvgIpc) is 3.15. The first kappa shape index (κ1) is 16.8. The second-order valence-electron chi connectivity index (χ2n) is 5.31. The van der Waals surface area contributed by atoms with Crippen molar-refractivity contribution in [1.29, 1.82) is 0 Å². The maximum atomic E-state index is 12.5. The molecule has 0 atom stereocenters. The van der Waals surface area contributed by atoms with E-state index in [1.165, 1.54) is 0 Å². The molecule has 2 heterocycles. The van der Waals surface area contributed by atoms with E-state index in [1.807, 2.05) is 48.7 Å². The van der Waals surface area contributed by atoms with Crippen LogP contribution < -0.4 is 4.72 Å². The fourth-order valence-electron chi connectivity index (χ4n) is 2.38. The van der Waals surface area contributed by atoms with Crippen molar-refractivity contribution < 1.29 is 8.42 Å². The van der Waals surface area contributed by atoms with Crippen LogP contribution in [0.4, 0.5) is 0 Å². The average molecular weight is 358 g/mol. The molecule has 2 aromatic heterocycles. The van der Waals surface area contributed by atoms with Gasteiger partial charge in [-0.25, -0.2) is 13.1 Å². The zero-order chi connectivity index (χ0) is 17.0. The Balaban J connectivity index is 1.80. The minimum Gasteiger partial charge on any atom is -0.255 e. The summed E-state index contributed by atoms with van der Waals surface area (Å²) in [6, 6.07) is 14.6. The van der Waals surface area contributed by atoms with Crippen molar-refractivity contribution in [2.75, 3.05) is 0 Å². The normalized spacial score (nSPS) is 11.5. The number of nitrogens with zero attached hydrogens (tertiary/aromatic N) is 1. The zero-order valence-electron chi connectivity index (χ0n) is 13.3. The van der Waals surface area contributed by atoms with Crippen LogP contribution in [0.1, 0.15) is 18.1 Å². The van der Waals surface area contributed by atoms with Gasteiger partial charge in [0.05, 0.1) is 15.5 Å². The Morgan fingerprint density at radius 2 is 1.88 bits per heavy atom. The number of pyridine rings is 1. The van der Waals surface area contributed by atoms with Gasteiger partial charge < -0.3 is 0 Å². The van der Waals surface area contributed by atoms with Crippen LogP contribution in [-0.2, 0) is 23.0 Å². The molecule has 6 heteroatoms. The first-order chi connectivity index (χ1) is 11.6. The number of aromatic nitrogens is 1. The van der Waals surface area contributed by atoms with Gasteiger partial charge in [0.15, 0.2) is 0 Å². The van der Waals surface area contributed by atoms with Crippen molar-refractivity contribution in [3.63, 3.8) is 0 Å². The smallest absolute Gasteiger partial charge is 0.240 e. The van der Waals surface area contributed by atoms with Crippen molar-refractivity contribution in [2.45, 2.75) is 24.8 Å². The maximum absolute atomic E-state index is 12.5. The molecule has 1 N–H and O–H groups in total. The molecule has 4 nitrogen and oxygen atoms in total. The van der Waals surface area contributed by atoms with Gasteiger partial charge in [-0.2, -0.15) is 0 Å². The van der Waals surface area contributed by atoms with Crippen LogP contribution in [0.2, 0.25) is 0 Å². The van der Waals surface area contributed by atoms with E-state index in [0.717, 1.165) is 28.1 Å². The number of hydrogen-bond acceptors (Lipinski definition) is 4. The van der Waals surface area contributed by atoms with E-state index < -0.39 is 10.0 Å². The van der Waals surface area contributed by atoms with Crippen LogP contribution >= 0.6 is 11.3 Å². The van der Waals surface area contributed by atoms with E-state index in [-0.39, 0.29) is 11.4 Å². The number of hydrogen-bond donors (Lipinski definition) is 1. The summed E-state index contributed by atoms with van der Waals surface area (Å²) in [4.78, 5) is 5.70. The third-order valence-electron chi connectivity index (χ3n) is 3.74. The molecule has 0 aliphatic rings. The summed E-state index contributed by atoms with van der Waals surface area (Å²) in [5.74, 6) is 0. The predicted molar refractivity (Wildman–Crippen MR) is 97.4 cm³/mol. The van der Waals surface area contributed by atoms with Crippen LogP contribution in [0, 0.1) is 0 Å². The molecule has 0 saturated heterocycles. The Kier molecular flexibility index (Phi) is 5.08. The highest BCUT2D eigenvalue weighted by Crippen LogP contribution is 2.26. The molecular weight excluding hydrogens is 340 g/mol. The fourth-order valence-corrected chi connectivity index (χ4v) is 4.14. The maximum Gasteiger partial charge on any atom is 0.240 e. The minimum atomic E-state index is -3.54. The largest absolute Gasteiger partial charge is 0.255 e. The molecule has 0 aliphatic heterocycles. The molecule has 0 aliphatic carbocycles. The molecule has 0 fully saturated rings. The van der Waals surface area contributed by atoms with Gasteiger partial charge in [0.25, 0.3) is 0 Å². The molecule has 124 valence electrons. The number of rotatable bonds is 6. The van der Waals surface area contributed by atoms with Crippen LogP contribution in [0.5, 0.6) is 0 Å². The van der Waals surface area contributed by atoms with Crippen LogP contribution in [0.3, 0.4) is 0 Å². The highest BCUT2D eigenvalue weighted by Gasteiger charge is 2.15. The van der Waals surface area contributed by atoms with E-state index in [2.05, 4.69) is 9.71 Å². The Labute approximate surface area is 146 Å². The van der Waals surface area contributed by atoms with Crippen molar-refractivity contribution in [3.05, 3.63) is 71.2 Å². The van der Waals surface area contributed by atoms with Crippen molar-refractivity contribution in [3.8, 4) is 10.6 Å². The summed E-state index contributed by atoms with van der Waals surface area (Å²) in [6.45, 7) is 2.25. The molecule has 1 aromatic carbocycles. The monoisotopic (exact) mass is 358 g/mol. The SMILES string of the molecule is CCc1ccc(S(=O)(=O)NCc2cccnc2-c2cccs2)cc1. The Morgan fingerprint density at radius 3 is 2.54 bits per heavy atom. The summed E-state index contributed by atoms with van der Waals surface area (Å²) in [6.07, 6.45) is 2.60. The van der Waals surface area contributed by atoms with Gasteiger partial charge in [-0.15, -0.1) is 11.3 Å². The number of aryl methyl sites for hydroxylation is 1. The van der Waals surface area contributed by atoms with Crippen molar-refractivity contribution in [1.82, 2.24) is 9.71 Å². The standard InChI is InChI=1S/C18H18N2O2S2/c1-2-14-7-9-16(10-8-14)24(21,22)20-13-15-5-3-11-19-18(15)17-6-4-12-23-17/h3-12,20H,2,13H2,1H3. The van der Waals surface area contributed by atoms with Gasteiger partial charge in [-0.05, 0) is 47.2 Å². The molecule has 24 heavy (non-hydrogen) atoms. The van der Waals surface area contributed by atoms with Gasteiger partial charge in [-0.3, -0.25) is 4.98 Å². The molecule has 3 rings (SSSR count). The fraction of sp³-hybridized carbons (Fsp3) is 0.167. The molecule has 0 amide bonds. The summed E-state index contributed by atoms with van der Waals surface area (Å²) in [5, 5.41) is 1.98. The van der Waals surface area contributed by atoms with Gasteiger partial charge in [0.1, 0.15) is 0 Å². The third kappa shape index (κ3) is 3.72. The van der Waals surface area contributed by atoms with E-state index in [9.17, 15) is 8.42 Å². The number of thiophene rings is 1. The molecular formula is C18H18N2O2S2. The van der Waals surface area contributed by atoms with Crippen LogP contribution in [-0.4, -0.2) is 13.4 Å². The lowest BCUT2D eigenvalue weighted by molar-refractivity contribution is 0.581. The van der Waals surface area contributed by atoms with Gasteiger partial charge in [-0.1, -0.05) is 31.2 Å². The molecule has 3 aromatic rings. The lowest BCUT2D eigenvalue weighted by atomic mass is 10.2.